The number of aromatic nitrogens is 4. The number of hydrogen-bond donors (Lipinski definition) is 1. The molecule has 8 nitrogen and oxygen atoms in total. The highest BCUT2D eigenvalue weighted by atomic mass is 16.2. The predicted molar refractivity (Wildman–Crippen MR) is 96.8 cm³/mol. The summed E-state index contributed by atoms with van der Waals surface area (Å²) < 4.78 is 3.15. The maximum Gasteiger partial charge on any atom is 0.274 e. The number of benzene rings is 1. The summed E-state index contributed by atoms with van der Waals surface area (Å²) in [5.41, 5.74) is 4.73. The van der Waals surface area contributed by atoms with Crippen molar-refractivity contribution in [3.05, 3.63) is 58.3 Å². The Balaban J connectivity index is 1.57. The van der Waals surface area contributed by atoms with Crippen LogP contribution in [0.2, 0.25) is 0 Å². The number of nitrogens with one attached hydrogen (secondary N) is 1. The highest BCUT2D eigenvalue weighted by molar-refractivity contribution is 6.00. The Morgan fingerprint density at radius 2 is 2.08 bits per heavy atom. The minimum Gasteiger partial charge on any atom is -0.273 e. The third-order valence-electron chi connectivity index (χ3n) is 4.47. The van der Waals surface area contributed by atoms with Crippen LogP contribution in [0.25, 0.3) is 10.8 Å². The van der Waals surface area contributed by atoms with Gasteiger partial charge in [-0.25, -0.2) is 10.1 Å². The van der Waals surface area contributed by atoms with Gasteiger partial charge in [-0.1, -0.05) is 18.2 Å². The van der Waals surface area contributed by atoms with E-state index in [1.807, 2.05) is 16.8 Å². The summed E-state index contributed by atoms with van der Waals surface area (Å²) in [6.45, 7) is 0.864. The molecule has 1 aliphatic rings. The van der Waals surface area contributed by atoms with Crippen LogP contribution in [0.5, 0.6) is 0 Å². The number of fused-ring (bicyclic) bond motifs is 2. The van der Waals surface area contributed by atoms with Crippen LogP contribution in [-0.2, 0) is 24.8 Å². The molecule has 1 aromatic carbocycles. The summed E-state index contributed by atoms with van der Waals surface area (Å²) in [6, 6.07) is 9.06. The van der Waals surface area contributed by atoms with Gasteiger partial charge in [0.05, 0.1) is 28.9 Å². The summed E-state index contributed by atoms with van der Waals surface area (Å²) in [7, 11) is 1.58. The van der Waals surface area contributed by atoms with E-state index in [1.165, 1.54) is 4.68 Å². The Labute approximate surface area is 149 Å². The number of hydrazone groups is 1. The maximum absolute atomic E-state index is 12.4. The first-order chi connectivity index (χ1) is 12.6. The van der Waals surface area contributed by atoms with E-state index in [2.05, 4.69) is 20.7 Å². The van der Waals surface area contributed by atoms with Crippen LogP contribution >= 0.6 is 0 Å². The second kappa shape index (κ2) is 6.55. The molecule has 8 heteroatoms. The number of aryl methyl sites for hydroxylation is 2. The Morgan fingerprint density at radius 1 is 1.27 bits per heavy atom. The molecule has 0 radical (unpaired) electrons. The molecule has 0 saturated heterocycles. The molecule has 132 valence electrons. The molecule has 3 heterocycles. The van der Waals surface area contributed by atoms with E-state index in [-0.39, 0.29) is 17.9 Å². The predicted octanol–water partition coefficient (Wildman–Crippen LogP) is 0.987. The first-order valence-electron chi connectivity index (χ1n) is 8.46. The molecule has 0 unspecified atom stereocenters. The smallest absolute Gasteiger partial charge is 0.273 e. The van der Waals surface area contributed by atoms with Crippen molar-refractivity contribution < 1.29 is 4.79 Å². The first kappa shape index (κ1) is 16.2. The van der Waals surface area contributed by atoms with Crippen molar-refractivity contribution in [1.29, 1.82) is 0 Å². The zero-order chi connectivity index (χ0) is 18.1. The van der Waals surface area contributed by atoms with Crippen molar-refractivity contribution in [3.63, 3.8) is 0 Å². The largest absolute Gasteiger partial charge is 0.274 e. The highest BCUT2D eigenvalue weighted by Crippen LogP contribution is 2.15. The van der Waals surface area contributed by atoms with Gasteiger partial charge < -0.3 is 0 Å². The molecule has 26 heavy (non-hydrogen) atoms. The SMILES string of the molecule is Cn1nc(CC(=O)N/N=C2/CCCn3nccc32)c2ccccc2c1=O. The van der Waals surface area contributed by atoms with E-state index >= 15 is 0 Å². The van der Waals surface area contributed by atoms with Gasteiger partial charge in [0, 0.05) is 25.2 Å². The molecule has 0 saturated carbocycles. The Morgan fingerprint density at radius 3 is 2.92 bits per heavy atom. The highest BCUT2D eigenvalue weighted by Gasteiger charge is 2.17. The van der Waals surface area contributed by atoms with E-state index in [4.69, 9.17) is 0 Å². The minimum absolute atomic E-state index is 0.0463. The van der Waals surface area contributed by atoms with E-state index < -0.39 is 0 Å². The second-order valence-electron chi connectivity index (χ2n) is 6.23. The molecule has 4 rings (SSSR count). The summed E-state index contributed by atoms with van der Waals surface area (Å²) in [5, 5.41) is 14.0. The minimum atomic E-state index is -0.273. The Hall–Kier alpha value is -3.29. The Kier molecular flexibility index (Phi) is 4.08. The lowest BCUT2D eigenvalue weighted by Crippen LogP contribution is -2.27. The number of carbonyl (C=O) groups is 1. The molecule has 1 amide bonds. The van der Waals surface area contributed by atoms with Gasteiger partial charge in [-0.15, -0.1) is 0 Å². The quantitative estimate of drug-likeness (QED) is 0.713. The number of amides is 1. The molecule has 0 spiro atoms. The molecule has 3 aromatic rings. The summed E-state index contributed by atoms with van der Waals surface area (Å²) in [4.78, 5) is 24.5. The number of rotatable bonds is 3. The van der Waals surface area contributed by atoms with Crippen LogP contribution in [0, 0.1) is 0 Å². The van der Waals surface area contributed by atoms with Gasteiger partial charge in [0.15, 0.2) is 0 Å². The monoisotopic (exact) mass is 350 g/mol. The zero-order valence-electron chi connectivity index (χ0n) is 14.3. The van der Waals surface area contributed by atoms with Gasteiger partial charge in [-0.05, 0) is 25.0 Å². The van der Waals surface area contributed by atoms with Crippen LogP contribution in [0.1, 0.15) is 24.2 Å². The molecular formula is C18H18N6O2. The average molecular weight is 350 g/mol. The fraction of sp³-hybridized carbons (Fsp3) is 0.278. The standard InChI is InChI=1S/C18H18N6O2/c1-23-18(26)13-6-3-2-5-12(13)15(22-23)11-17(25)21-20-14-7-4-10-24-16(14)8-9-19-24/h2-3,5-6,8-9H,4,7,10-11H2,1H3,(H,21,25)/b20-14-. The third kappa shape index (κ3) is 2.90. The van der Waals surface area contributed by atoms with Gasteiger partial charge in [0.2, 0.25) is 5.91 Å². The van der Waals surface area contributed by atoms with Gasteiger partial charge in [-0.2, -0.15) is 15.3 Å². The van der Waals surface area contributed by atoms with E-state index in [9.17, 15) is 9.59 Å². The fourth-order valence-corrected chi connectivity index (χ4v) is 3.22. The summed E-state index contributed by atoms with van der Waals surface area (Å²) >= 11 is 0. The Bertz CT molecular complexity index is 1080. The normalized spacial score (nSPS) is 15.2. The topological polar surface area (TPSA) is 94.2 Å². The van der Waals surface area contributed by atoms with E-state index in [0.717, 1.165) is 30.8 Å². The average Bonchev–Trinajstić information content (AvgIpc) is 3.13. The number of hydrogen-bond acceptors (Lipinski definition) is 5. The lowest BCUT2D eigenvalue weighted by molar-refractivity contribution is -0.120. The molecule has 1 aliphatic heterocycles. The van der Waals surface area contributed by atoms with Crippen molar-refractivity contribution >= 4 is 22.4 Å². The van der Waals surface area contributed by atoms with Crippen LogP contribution in [0.3, 0.4) is 0 Å². The molecule has 0 bridgehead atoms. The van der Waals surface area contributed by atoms with Crippen LogP contribution in [0.15, 0.2) is 46.4 Å². The number of carbonyl (C=O) groups excluding carboxylic acids is 1. The molecule has 0 fully saturated rings. The summed E-state index contributed by atoms with van der Waals surface area (Å²) in [5.74, 6) is -0.273. The summed E-state index contributed by atoms with van der Waals surface area (Å²) in [6.07, 6.45) is 3.52. The van der Waals surface area contributed by atoms with Crippen LogP contribution in [0.4, 0.5) is 0 Å². The first-order valence-corrected chi connectivity index (χ1v) is 8.46. The van der Waals surface area contributed by atoms with E-state index in [0.29, 0.717) is 16.5 Å². The van der Waals surface area contributed by atoms with Crippen molar-refractivity contribution in [2.24, 2.45) is 12.1 Å². The lowest BCUT2D eigenvalue weighted by atomic mass is 10.1. The number of nitrogens with zero attached hydrogens (tertiary/aromatic N) is 5. The second-order valence-corrected chi connectivity index (χ2v) is 6.23. The van der Waals surface area contributed by atoms with Gasteiger partial charge in [0.1, 0.15) is 0 Å². The van der Waals surface area contributed by atoms with Crippen molar-refractivity contribution in [2.45, 2.75) is 25.8 Å². The maximum atomic E-state index is 12.4. The molecular weight excluding hydrogens is 332 g/mol. The van der Waals surface area contributed by atoms with Gasteiger partial charge in [-0.3, -0.25) is 14.3 Å². The van der Waals surface area contributed by atoms with E-state index in [1.54, 1.807) is 31.4 Å². The lowest BCUT2D eigenvalue weighted by Gasteiger charge is -2.15. The van der Waals surface area contributed by atoms with Gasteiger partial charge >= 0.3 is 0 Å². The van der Waals surface area contributed by atoms with Crippen LogP contribution < -0.4 is 11.0 Å². The van der Waals surface area contributed by atoms with Crippen molar-refractivity contribution in [1.82, 2.24) is 25.0 Å². The zero-order valence-corrected chi connectivity index (χ0v) is 14.3. The molecule has 2 aromatic heterocycles. The molecule has 0 atom stereocenters. The van der Waals surface area contributed by atoms with Crippen molar-refractivity contribution in [2.75, 3.05) is 0 Å². The third-order valence-corrected chi connectivity index (χ3v) is 4.47. The van der Waals surface area contributed by atoms with Crippen molar-refractivity contribution in [3.8, 4) is 0 Å². The molecule has 1 N–H and O–H groups in total. The molecule has 0 aliphatic carbocycles. The van der Waals surface area contributed by atoms with Crippen LogP contribution in [-0.4, -0.2) is 31.2 Å². The fourth-order valence-electron chi connectivity index (χ4n) is 3.22. The van der Waals surface area contributed by atoms with Gasteiger partial charge in [0.25, 0.3) is 5.56 Å².